The molecule has 0 radical (unpaired) electrons. The number of nitrogens with one attached hydrogen (secondary N) is 1. The third kappa shape index (κ3) is 3.14. The van der Waals surface area contributed by atoms with Crippen molar-refractivity contribution in [3.05, 3.63) is 53.6 Å². The van der Waals surface area contributed by atoms with Gasteiger partial charge in [-0.15, -0.1) is 0 Å². The summed E-state index contributed by atoms with van der Waals surface area (Å²) in [5, 5.41) is 7.99. The average Bonchev–Trinajstić information content (AvgIpc) is 2.84. The van der Waals surface area contributed by atoms with Gasteiger partial charge in [0.1, 0.15) is 11.6 Å². The summed E-state index contributed by atoms with van der Waals surface area (Å²) in [5.41, 5.74) is 1.24. The Morgan fingerprint density at radius 1 is 1.35 bits per heavy atom. The van der Waals surface area contributed by atoms with Gasteiger partial charge < -0.3 is 5.32 Å². The zero-order valence-corrected chi connectivity index (χ0v) is 11.8. The molecule has 2 aromatic rings. The van der Waals surface area contributed by atoms with Crippen LogP contribution in [0.5, 0.6) is 0 Å². The maximum absolute atomic E-state index is 4.43. The van der Waals surface area contributed by atoms with E-state index >= 15 is 0 Å². The SMILES string of the molecule is Cc1nc2n(n1)C[C@@H](NC/C=C\c1ccccc1)CC2. The van der Waals surface area contributed by atoms with Gasteiger partial charge in [0, 0.05) is 19.0 Å². The first-order valence-corrected chi connectivity index (χ1v) is 7.16. The Hall–Kier alpha value is -1.94. The smallest absolute Gasteiger partial charge is 0.147 e. The van der Waals surface area contributed by atoms with Gasteiger partial charge in [-0.25, -0.2) is 9.67 Å². The van der Waals surface area contributed by atoms with E-state index in [1.165, 1.54) is 5.56 Å². The quantitative estimate of drug-likeness (QED) is 0.924. The van der Waals surface area contributed by atoms with Gasteiger partial charge in [0.25, 0.3) is 0 Å². The summed E-state index contributed by atoms with van der Waals surface area (Å²) in [6, 6.07) is 10.9. The Balaban J connectivity index is 1.49. The fourth-order valence-electron chi connectivity index (χ4n) is 2.59. The van der Waals surface area contributed by atoms with Gasteiger partial charge >= 0.3 is 0 Å². The predicted octanol–water partition coefficient (Wildman–Crippen LogP) is 2.20. The molecule has 1 N–H and O–H groups in total. The number of fused-ring (bicyclic) bond motifs is 1. The first-order chi connectivity index (χ1) is 9.81. The van der Waals surface area contributed by atoms with Crippen molar-refractivity contribution in [3.8, 4) is 0 Å². The highest BCUT2D eigenvalue weighted by atomic mass is 15.4. The number of hydrogen-bond donors (Lipinski definition) is 1. The second-order valence-corrected chi connectivity index (χ2v) is 5.21. The molecule has 1 aromatic carbocycles. The molecule has 20 heavy (non-hydrogen) atoms. The van der Waals surface area contributed by atoms with Crippen LogP contribution in [0.2, 0.25) is 0 Å². The van der Waals surface area contributed by atoms with Gasteiger partial charge in [-0.3, -0.25) is 0 Å². The molecule has 0 fully saturated rings. The third-order valence-electron chi connectivity index (χ3n) is 3.60. The Labute approximate surface area is 119 Å². The van der Waals surface area contributed by atoms with Gasteiger partial charge in [0.15, 0.2) is 0 Å². The molecule has 2 heterocycles. The molecule has 0 spiro atoms. The number of nitrogens with zero attached hydrogens (tertiary/aromatic N) is 3. The van der Waals surface area contributed by atoms with Crippen LogP contribution in [0.15, 0.2) is 36.4 Å². The van der Waals surface area contributed by atoms with Crippen molar-refractivity contribution in [1.29, 1.82) is 0 Å². The van der Waals surface area contributed by atoms with E-state index in [4.69, 9.17) is 0 Å². The van der Waals surface area contributed by atoms with Crippen LogP contribution in [-0.4, -0.2) is 27.4 Å². The molecule has 4 nitrogen and oxygen atoms in total. The molecule has 0 aliphatic carbocycles. The lowest BCUT2D eigenvalue weighted by molar-refractivity contribution is 0.369. The van der Waals surface area contributed by atoms with Crippen LogP contribution in [0.1, 0.15) is 23.6 Å². The largest absolute Gasteiger partial charge is 0.309 e. The molecule has 4 heteroatoms. The normalized spacial score (nSPS) is 18.4. The molecular formula is C16H20N4. The van der Waals surface area contributed by atoms with Crippen LogP contribution in [0.25, 0.3) is 6.08 Å². The minimum absolute atomic E-state index is 0.490. The summed E-state index contributed by atoms with van der Waals surface area (Å²) in [4.78, 5) is 4.43. The second-order valence-electron chi connectivity index (χ2n) is 5.21. The van der Waals surface area contributed by atoms with Crippen molar-refractivity contribution < 1.29 is 0 Å². The Kier molecular flexibility index (Phi) is 3.92. The molecule has 1 aliphatic heterocycles. The van der Waals surface area contributed by atoms with Gasteiger partial charge in [-0.1, -0.05) is 42.5 Å². The van der Waals surface area contributed by atoms with E-state index in [9.17, 15) is 0 Å². The summed E-state index contributed by atoms with van der Waals surface area (Å²) in [5.74, 6) is 2.00. The van der Waals surface area contributed by atoms with Crippen molar-refractivity contribution in [2.75, 3.05) is 6.54 Å². The van der Waals surface area contributed by atoms with Crippen molar-refractivity contribution in [2.24, 2.45) is 0 Å². The van der Waals surface area contributed by atoms with Crippen LogP contribution in [0.4, 0.5) is 0 Å². The van der Waals surface area contributed by atoms with Crippen LogP contribution in [0.3, 0.4) is 0 Å². The number of aromatic nitrogens is 3. The van der Waals surface area contributed by atoms with Gasteiger partial charge in [-0.05, 0) is 18.9 Å². The van der Waals surface area contributed by atoms with Crippen molar-refractivity contribution in [2.45, 2.75) is 32.4 Å². The van der Waals surface area contributed by atoms with E-state index < -0.39 is 0 Å². The summed E-state index contributed by atoms with van der Waals surface area (Å²) >= 11 is 0. The molecule has 1 aliphatic rings. The molecule has 0 bridgehead atoms. The zero-order valence-electron chi connectivity index (χ0n) is 11.8. The Morgan fingerprint density at radius 2 is 2.20 bits per heavy atom. The number of hydrogen-bond acceptors (Lipinski definition) is 3. The highest BCUT2D eigenvalue weighted by Crippen LogP contribution is 2.12. The molecule has 3 rings (SSSR count). The fraction of sp³-hybridized carbons (Fsp3) is 0.375. The Bertz CT molecular complexity index is 586. The molecular weight excluding hydrogens is 248 g/mol. The first-order valence-electron chi connectivity index (χ1n) is 7.16. The summed E-state index contributed by atoms with van der Waals surface area (Å²) in [6.45, 7) is 3.77. The van der Waals surface area contributed by atoms with Crippen LogP contribution < -0.4 is 5.32 Å². The van der Waals surface area contributed by atoms with Crippen molar-refractivity contribution in [3.63, 3.8) is 0 Å². The summed E-state index contributed by atoms with van der Waals surface area (Å²) in [6.07, 6.45) is 6.48. The molecule has 0 unspecified atom stereocenters. The highest BCUT2D eigenvalue weighted by Gasteiger charge is 2.19. The van der Waals surface area contributed by atoms with Gasteiger partial charge in [-0.2, -0.15) is 5.10 Å². The van der Waals surface area contributed by atoms with E-state index in [0.717, 1.165) is 37.6 Å². The summed E-state index contributed by atoms with van der Waals surface area (Å²) in [7, 11) is 0. The van der Waals surface area contributed by atoms with Gasteiger partial charge in [0.05, 0.1) is 6.54 Å². The van der Waals surface area contributed by atoms with E-state index in [-0.39, 0.29) is 0 Å². The lowest BCUT2D eigenvalue weighted by Crippen LogP contribution is -2.37. The third-order valence-corrected chi connectivity index (χ3v) is 3.60. The minimum atomic E-state index is 0.490. The van der Waals surface area contributed by atoms with E-state index in [2.05, 4.69) is 51.8 Å². The maximum Gasteiger partial charge on any atom is 0.147 e. The van der Waals surface area contributed by atoms with E-state index in [1.807, 2.05) is 17.7 Å². The van der Waals surface area contributed by atoms with Crippen molar-refractivity contribution >= 4 is 6.08 Å². The monoisotopic (exact) mass is 268 g/mol. The van der Waals surface area contributed by atoms with Gasteiger partial charge in [0.2, 0.25) is 0 Å². The standard InChI is InChI=1S/C16H20N4/c1-13-18-16-10-9-15(12-20(16)19-13)17-11-5-8-14-6-3-2-4-7-14/h2-8,15,17H,9-12H2,1H3/b8-5-/t15-/m0/s1. The van der Waals surface area contributed by atoms with Crippen molar-refractivity contribution in [1.82, 2.24) is 20.1 Å². The molecule has 104 valence electrons. The topological polar surface area (TPSA) is 42.7 Å². The first kappa shape index (κ1) is 13.1. The summed E-state index contributed by atoms with van der Waals surface area (Å²) < 4.78 is 2.04. The lowest BCUT2D eigenvalue weighted by Gasteiger charge is -2.22. The Morgan fingerprint density at radius 3 is 3.05 bits per heavy atom. The van der Waals surface area contributed by atoms with Crippen LogP contribution in [-0.2, 0) is 13.0 Å². The fourth-order valence-corrected chi connectivity index (χ4v) is 2.59. The lowest BCUT2D eigenvalue weighted by atomic mass is 10.1. The van der Waals surface area contributed by atoms with Crippen LogP contribution >= 0.6 is 0 Å². The van der Waals surface area contributed by atoms with E-state index in [1.54, 1.807) is 0 Å². The number of rotatable bonds is 4. The molecule has 0 saturated heterocycles. The number of aryl methyl sites for hydroxylation is 2. The molecule has 0 amide bonds. The maximum atomic E-state index is 4.43. The number of benzene rings is 1. The molecule has 0 saturated carbocycles. The second kappa shape index (κ2) is 6.01. The average molecular weight is 268 g/mol. The highest BCUT2D eigenvalue weighted by molar-refractivity contribution is 5.48. The van der Waals surface area contributed by atoms with Crippen LogP contribution in [0, 0.1) is 6.92 Å². The molecule has 1 atom stereocenters. The van der Waals surface area contributed by atoms with E-state index in [0.29, 0.717) is 6.04 Å². The predicted molar refractivity (Wildman–Crippen MR) is 80.3 cm³/mol. The minimum Gasteiger partial charge on any atom is -0.309 e. The molecule has 1 aromatic heterocycles. The zero-order chi connectivity index (χ0) is 13.8.